The summed E-state index contributed by atoms with van der Waals surface area (Å²) in [5, 5.41) is 18.7. The van der Waals surface area contributed by atoms with Crippen molar-refractivity contribution in [3.8, 4) is 11.5 Å². The first-order valence-corrected chi connectivity index (χ1v) is 10.1. The van der Waals surface area contributed by atoms with E-state index in [9.17, 15) is 10.1 Å². The Hall–Kier alpha value is -3.58. The van der Waals surface area contributed by atoms with Gasteiger partial charge in [-0.3, -0.25) is 10.1 Å². The standard InChI is InChI=1S/C23H18ClN3O4/c1-30-21-7-3-6-18-20-13-19(14-8-10-16(24)11-9-14)25-26(20)23(31-22(18)21)15-4-2-5-17(12-15)27(28)29/h2-12,20,23H,13H2,1H3/t20-,23-/m1/s1. The van der Waals surface area contributed by atoms with Gasteiger partial charge in [-0.1, -0.05) is 48.0 Å². The number of nitro benzene ring substituents is 1. The Morgan fingerprint density at radius 3 is 2.68 bits per heavy atom. The summed E-state index contributed by atoms with van der Waals surface area (Å²) in [4.78, 5) is 10.9. The number of methoxy groups -OCH3 is 1. The van der Waals surface area contributed by atoms with Crippen LogP contribution >= 0.6 is 11.6 Å². The van der Waals surface area contributed by atoms with Gasteiger partial charge in [0.05, 0.1) is 23.8 Å². The Kier molecular flexibility index (Phi) is 4.75. The molecule has 2 heterocycles. The molecule has 5 rings (SSSR count). The van der Waals surface area contributed by atoms with E-state index in [1.165, 1.54) is 12.1 Å². The topological polar surface area (TPSA) is 77.2 Å². The average Bonchev–Trinajstić information content (AvgIpc) is 3.24. The predicted molar refractivity (Wildman–Crippen MR) is 117 cm³/mol. The lowest BCUT2D eigenvalue weighted by Gasteiger charge is -2.38. The molecule has 31 heavy (non-hydrogen) atoms. The highest BCUT2D eigenvalue weighted by molar-refractivity contribution is 6.30. The molecule has 0 saturated carbocycles. The molecule has 2 atom stereocenters. The first-order chi connectivity index (χ1) is 15.0. The third-order valence-electron chi connectivity index (χ3n) is 5.54. The van der Waals surface area contributed by atoms with Crippen LogP contribution in [0.15, 0.2) is 71.8 Å². The molecule has 156 valence electrons. The molecule has 0 fully saturated rings. The maximum absolute atomic E-state index is 11.3. The van der Waals surface area contributed by atoms with Crippen LogP contribution in [0.1, 0.15) is 35.4 Å². The number of fused-ring (bicyclic) bond motifs is 3. The number of benzene rings is 3. The van der Waals surface area contributed by atoms with Gasteiger partial charge in [-0.15, -0.1) is 0 Å². The summed E-state index contributed by atoms with van der Waals surface area (Å²) in [5.41, 5.74) is 3.49. The molecule has 2 aliphatic rings. The van der Waals surface area contributed by atoms with E-state index in [0.717, 1.165) is 16.8 Å². The van der Waals surface area contributed by atoms with Gasteiger partial charge in [0.1, 0.15) is 0 Å². The molecule has 8 heteroatoms. The van der Waals surface area contributed by atoms with E-state index in [1.807, 2.05) is 53.5 Å². The number of halogens is 1. The summed E-state index contributed by atoms with van der Waals surface area (Å²) >= 11 is 6.04. The molecule has 0 radical (unpaired) electrons. The van der Waals surface area contributed by atoms with Crippen LogP contribution in [0.3, 0.4) is 0 Å². The Balaban J connectivity index is 1.62. The second kappa shape index (κ2) is 7.59. The number of hydrogen-bond acceptors (Lipinski definition) is 6. The van der Waals surface area contributed by atoms with Crippen LogP contribution in [0.2, 0.25) is 5.02 Å². The van der Waals surface area contributed by atoms with E-state index in [0.29, 0.717) is 28.5 Å². The molecule has 3 aromatic rings. The number of para-hydroxylation sites is 1. The molecule has 0 amide bonds. The molecule has 0 unspecified atom stereocenters. The van der Waals surface area contributed by atoms with Crippen molar-refractivity contribution >= 4 is 23.0 Å². The van der Waals surface area contributed by atoms with Gasteiger partial charge in [-0.05, 0) is 23.8 Å². The maximum Gasteiger partial charge on any atom is 0.269 e. The van der Waals surface area contributed by atoms with Gasteiger partial charge in [0, 0.05) is 34.7 Å². The van der Waals surface area contributed by atoms with E-state index in [-0.39, 0.29) is 11.7 Å². The number of nitrogens with zero attached hydrogens (tertiary/aromatic N) is 3. The van der Waals surface area contributed by atoms with Crippen LogP contribution in [-0.4, -0.2) is 22.8 Å². The number of non-ortho nitro benzene ring substituents is 1. The van der Waals surface area contributed by atoms with Crippen molar-refractivity contribution < 1.29 is 14.4 Å². The molecule has 2 aliphatic heterocycles. The summed E-state index contributed by atoms with van der Waals surface area (Å²) in [6.45, 7) is 0. The van der Waals surface area contributed by atoms with Gasteiger partial charge < -0.3 is 9.47 Å². The van der Waals surface area contributed by atoms with Gasteiger partial charge in [0.2, 0.25) is 6.23 Å². The molecular weight excluding hydrogens is 418 g/mol. The van der Waals surface area contributed by atoms with Crippen molar-refractivity contribution in [3.63, 3.8) is 0 Å². The molecule has 0 saturated heterocycles. The normalized spacial score (nSPS) is 19.2. The van der Waals surface area contributed by atoms with E-state index >= 15 is 0 Å². The minimum atomic E-state index is -0.626. The van der Waals surface area contributed by atoms with Crippen LogP contribution in [0.5, 0.6) is 11.5 Å². The van der Waals surface area contributed by atoms with Crippen LogP contribution in [0.4, 0.5) is 5.69 Å². The second-order valence-electron chi connectivity index (χ2n) is 7.35. The zero-order chi connectivity index (χ0) is 21.5. The van der Waals surface area contributed by atoms with Crippen LogP contribution in [0, 0.1) is 10.1 Å². The summed E-state index contributed by atoms with van der Waals surface area (Å²) in [7, 11) is 1.60. The molecule has 0 aliphatic carbocycles. The smallest absolute Gasteiger partial charge is 0.269 e. The zero-order valence-corrected chi connectivity index (χ0v) is 17.3. The number of ether oxygens (including phenoxy) is 2. The summed E-state index contributed by atoms with van der Waals surface area (Å²) in [6.07, 6.45) is 0.0369. The van der Waals surface area contributed by atoms with Gasteiger partial charge in [-0.25, -0.2) is 5.01 Å². The van der Waals surface area contributed by atoms with Crippen molar-refractivity contribution in [1.29, 1.82) is 0 Å². The van der Waals surface area contributed by atoms with Crippen molar-refractivity contribution in [2.24, 2.45) is 5.10 Å². The van der Waals surface area contributed by atoms with Gasteiger partial charge >= 0.3 is 0 Å². The Labute approximate surface area is 183 Å². The number of nitro groups is 1. The van der Waals surface area contributed by atoms with E-state index in [1.54, 1.807) is 13.2 Å². The lowest BCUT2D eigenvalue weighted by atomic mass is 9.95. The molecule has 0 bridgehead atoms. The van der Waals surface area contributed by atoms with Crippen LogP contribution in [-0.2, 0) is 0 Å². The Morgan fingerprint density at radius 1 is 1.16 bits per heavy atom. The van der Waals surface area contributed by atoms with Crippen LogP contribution in [0.25, 0.3) is 0 Å². The molecule has 0 spiro atoms. The molecular formula is C23H18ClN3O4. The first-order valence-electron chi connectivity index (χ1n) is 9.75. The summed E-state index contributed by atoms with van der Waals surface area (Å²) < 4.78 is 11.9. The van der Waals surface area contributed by atoms with Gasteiger partial charge in [0.25, 0.3) is 5.69 Å². The fourth-order valence-corrected chi connectivity index (χ4v) is 4.20. The van der Waals surface area contributed by atoms with Crippen molar-refractivity contribution in [2.45, 2.75) is 18.7 Å². The molecule has 3 aromatic carbocycles. The molecule has 7 nitrogen and oxygen atoms in total. The number of hydrogen-bond donors (Lipinski definition) is 0. The fraction of sp³-hybridized carbons (Fsp3) is 0.174. The number of rotatable bonds is 4. The highest BCUT2D eigenvalue weighted by Gasteiger charge is 2.42. The third-order valence-corrected chi connectivity index (χ3v) is 5.80. The largest absolute Gasteiger partial charge is 0.493 e. The van der Waals surface area contributed by atoms with Crippen molar-refractivity contribution in [1.82, 2.24) is 5.01 Å². The zero-order valence-electron chi connectivity index (χ0n) is 16.6. The highest BCUT2D eigenvalue weighted by atomic mass is 35.5. The van der Waals surface area contributed by atoms with Crippen molar-refractivity contribution in [3.05, 3.63) is 98.6 Å². The predicted octanol–water partition coefficient (Wildman–Crippen LogP) is 5.50. The SMILES string of the molecule is COc1cccc2c1O[C@H](c1cccc([N+](=O)[O-])c1)N1N=C(c3ccc(Cl)cc3)C[C@H]21. The van der Waals surface area contributed by atoms with Crippen molar-refractivity contribution in [2.75, 3.05) is 7.11 Å². The molecule has 0 aromatic heterocycles. The fourth-order valence-electron chi connectivity index (χ4n) is 4.07. The lowest BCUT2D eigenvalue weighted by Crippen LogP contribution is -2.33. The van der Waals surface area contributed by atoms with Gasteiger partial charge in [0.15, 0.2) is 11.5 Å². The Bertz CT molecular complexity index is 1200. The second-order valence-corrected chi connectivity index (χ2v) is 7.79. The van der Waals surface area contributed by atoms with E-state index in [2.05, 4.69) is 0 Å². The molecule has 0 N–H and O–H groups in total. The monoisotopic (exact) mass is 435 g/mol. The van der Waals surface area contributed by atoms with Gasteiger partial charge in [-0.2, -0.15) is 5.10 Å². The summed E-state index contributed by atoms with van der Waals surface area (Å²) in [5.74, 6) is 1.25. The summed E-state index contributed by atoms with van der Waals surface area (Å²) in [6, 6.07) is 19.7. The number of hydrazone groups is 1. The lowest BCUT2D eigenvalue weighted by molar-refractivity contribution is -0.385. The highest BCUT2D eigenvalue weighted by Crippen LogP contribution is 2.50. The van der Waals surface area contributed by atoms with E-state index < -0.39 is 11.2 Å². The first kappa shape index (κ1) is 19.4. The minimum Gasteiger partial charge on any atom is -0.493 e. The van der Waals surface area contributed by atoms with Crippen LogP contribution < -0.4 is 9.47 Å². The van der Waals surface area contributed by atoms with E-state index in [4.69, 9.17) is 26.2 Å². The minimum absolute atomic E-state index is 0.00424. The third kappa shape index (κ3) is 3.37. The maximum atomic E-state index is 11.3. The quantitative estimate of drug-likeness (QED) is 0.399. The average molecular weight is 436 g/mol. The Morgan fingerprint density at radius 2 is 1.94 bits per heavy atom.